The van der Waals surface area contributed by atoms with Crippen molar-refractivity contribution in [2.45, 2.75) is 47.0 Å². The largest absolute Gasteiger partial charge is 0.457 e. The summed E-state index contributed by atoms with van der Waals surface area (Å²) in [5.74, 6) is 3.40. The van der Waals surface area contributed by atoms with Crippen molar-refractivity contribution in [2.24, 2.45) is 0 Å². The fraction of sp³-hybridized carbons (Fsp3) is 0.190. The molecule has 0 saturated heterocycles. The minimum Gasteiger partial charge on any atom is -0.457 e. The van der Waals surface area contributed by atoms with Crippen molar-refractivity contribution in [3.8, 4) is 17.3 Å². The lowest BCUT2D eigenvalue weighted by Gasteiger charge is -2.25. The Labute approximate surface area is 281 Å². The minimum atomic E-state index is 0.0104. The maximum Gasteiger partial charge on any atom is 0.158 e. The zero-order valence-corrected chi connectivity index (χ0v) is 28.3. The highest BCUT2D eigenvalue weighted by molar-refractivity contribution is 6.09. The van der Waals surface area contributed by atoms with E-state index in [2.05, 4.69) is 147 Å². The summed E-state index contributed by atoms with van der Waals surface area (Å²) in [6.07, 6.45) is 3.79. The number of aryl methyl sites for hydroxylation is 3. The monoisotopic (exact) mass is 629 g/mol. The Morgan fingerprint density at radius 1 is 0.646 bits per heavy atom. The smallest absolute Gasteiger partial charge is 0.158 e. The van der Waals surface area contributed by atoms with Crippen molar-refractivity contribution in [1.29, 1.82) is 0 Å². The molecule has 0 unspecified atom stereocenters. The average Bonchev–Trinajstić information content (AvgIpc) is 3.60. The summed E-state index contributed by atoms with van der Waals surface area (Å²) in [4.78, 5) is 14.3. The van der Waals surface area contributed by atoms with Crippen molar-refractivity contribution in [2.75, 3.05) is 16.5 Å². The van der Waals surface area contributed by atoms with Crippen LogP contribution in [0.5, 0.6) is 11.5 Å². The molecule has 0 atom stereocenters. The van der Waals surface area contributed by atoms with E-state index in [4.69, 9.17) is 14.7 Å². The van der Waals surface area contributed by atoms with Crippen LogP contribution >= 0.6 is 0 Å². The van der Waals surface area contributed by atoms with Gasteiger partial charge in [-0.3, -0.25) is 4.57 Å². The number of rotatable bonds is 5. The predicted molar refractivity (Wildman–Crippen MR) is 198 cm³/mol. The first-order valence-electron chi connectivity index (χ1n) is 16.5. The number of hydrogen-bond acceptors (Lipinski definition) is 5. The van der Waals surface area contributed by atoms with Gasteiger partial charge in [-0.2, -0.15) is 0 Å². The normalized spacial score (nSPS) is 13.0. The zero-order chi connectivity index (χ0) is 33.2. The molecule has 0 radical (unpaired) electrons. The number of ether oxygens (including phenoxy) is 1. The molecule has 8 rings (SSSR count). The fourth-order valence-corrected chi connectivity index (χ4v) is 7.21. The Bertz CT molecular complexity index is 2320. The van der Waals surface area contributed by atoms with E-state index in [0.29, 0.717) is 6.67 Å². The Kier molecular flexibility index (Phi) is 6.99. The van der Waals surface area contributed by atoms with Gasteiger partial charge in [0.05, 0.1) is 22.4 Å². The highest BCUT2D eigenvalue weighted by atomic mass is 16.5. The maximum atomic E-state index is 6.61. The molecule has 3 aromatic heterocycles. The lowest BCUT2D eigenvalue weighted by molar-refractivity contribution is 0.483. The second-order valence-corrected chi connectivity index (χ2v) is 13.9. The van der Waals surface area contributed by atoms with Gasteiger partial charge in [-0.25, -0.2) is 9.97 Å². The number of aromatic nitrogens is 3. The van der Waals surface area contributed by atoms with Crippen LogP contribution in [0.25, 0.3) is 27.6 Å². The van der Waals surface area contributed by atoms with Crippen LogP contribution < -0.4 is 14.5 Å². The molecule has 0 amide bonds. The zero-order valence-electron chi connectivity index (χ0n) is 28.3. The Morgan fingerprint density at radius 2 is 1.42 bits per heavy atom. The van der Waals surface area contributed by atoms with Gasteiger partial charge in [-0.05, 0) is 97.5 Å². The highest BCUT2D eigenvalue weighted by Gasteiger charge is 2.31. The van der Waals surface area contributed by atoms with Gasteiger partial charge in [0.2, 0.25) is 0 Å². The molecule has 7 aromatic rings. The van der Waals surface area contributed by atoms with E-state index in [1.54, 1.807) is 0 Å². The van der Waals surface area contributed by atoms with Gasteiger partial charge in [0, 0.05) is 41.0 Å². The first kappa shape index (κ1) is 29.8. The maximum absolute atomic E-state index is 6.61. The van der Waals surface area contributed by atoms with E-state index in [1.165, 1.54) is 33.3 Å². The molecule has 0 N–H and O–H groups in total. The van der Waals surface area contributed by atoms with E-state index < -0.39 is 0 Å². The van der Waals surface area contributed by atoms with Crippen molar-refractivity contribution in [3.63, 3.8) is 0 Å². The summed E-state index contributed by atoms with van der Waals surface area (Å²) in [6, 6.07) is 36.1. The van der Waals surface area contributed by atoms with Crippen molar-refractivity contribution >= 4 is 44.7 Å². The summed E-state index contributed by atoms with van der Waals surface area (Å²) >= 11 is 0. The van der Waals surface area contributed by atoms with Crippen LogP contribution in [0.1, 0.15) is 43.0 Å². The van der Waals surface area contributed by atoms with Crippen LogP contribution in [0.15, 0.2) is 116 Å². The molecule has 6 nitrogen and oxygen atoms in total. The van der Waals surface area contributed by atoms with Gasteiger partial charge in [0.25, 0.3) is 0 Å². The molecule has 4 heterocycles. The Morgan fingerprint density at radius 3 is 2.23 bits per heavy atom. The van der Waals surface area contributed by atoms with Crippen LogP contribution in [0.2, 0.25) is 0 Å². The van der Waals surface area contributed by atoms with Crippen molar-refractivity contribution in [1.82, 2.24) is 14.5 Å². The average molecular weight is 630 g/mol. The number of fused-ring (bicyclic) bond motifs is 4. The number of anilines is 4. The van der Waals surface area contributed by atoms with Crippen LogP contribution in [-0.2, 0) is 5.41 Å². The molecule has 0 saturated carbocycles. The molecule has 0 spiro atoms. The number of hydrogen-bond donors (Lipinski definition) is 0. The molecular weight excluding hydrogens is 590 g/mol. The summed E-state index contributed by atoms with van der Waals surface area (Å²) in [5, 5.41) is 2.35. The highest BCUT2D eigenvalue weighted by Crippen LogP contribution is 2.45. The van der Waals surface area contributed by atoms with E-state index in [9.17, 15) is 0 Å². The molecule has 4 aromatic carbocycles. The molecule has 48 heavy (non-hydrogen) atoms. The quantitative estimate of drug-likeness (QED) is 0.190. The van der Waals surface area contributed by atoms with Gasteiger partial charge in [-0.15, -0.1) is 0 Å². The van der Waals surface area contributed by atoms with Gasteiger partial charge >= 0.3 is 0 Å². The molecule has 1 aliphatic heterocycles. The first-order chi connectivity index (χ1) is 23.2. The van der Waals surface area contributed by atoms with Crippen molar-refractivity contribution in [3.05, 3.63) is 138 Å². The lowest BCUT2D eigenvalue weighted by atomic mass is 9.88. The molecule has 0 aliphatic carbocycles. The summed E-state index contributed by atoms with van der Waals surface area (Å²) < 4.78 is 8.86. The third-order valence-corrected chi connectivity index (χ3v) is 9.35. The Hall–Kier alpha value is -5.62. The summed E-state index contributed by atoms with van der Waals surface area (Å²) in [6.45, 7) is 13.9. The minimum absolute atomic E-state index is 0.0104. The molecule has 1 aliphatic rings. The second-order valence-electron chi connectivity index (χ2n) is 13.9. The third kappa shape index (κ3) is 5.05. The van der Waals surface area contributed by atoms with E-state index in [1.807, 2.05) is 24.5 Å². The first-order valence-corrected chi connectivity index (χ1v) is 16.5. The van der Waals surface area contributed by atoms with E-state index in [0.717, 1.165) is 50.9 Å². The van der Waals surface area contributed by atoms with Crippen LogP contribution in [0.4, 0.5) is 22.9 Å². The van der Waals surface area contributed by atoms with Gasteiger partial charge in [0.15, 0.2) is 5.82 Å². The number of para-hydroxylation sites is 1. The predicted octanol–water partition coefficient (Wildman–Crippen LogP) is 10.8. The lowest BCUT2D eigenvalue weighted by Crippen LogP contribution is -2.25. The van der Waals surface area contributed by atoms with E-state index in [-0.39, 0.29) is 5.41 Å². The van der Waals surface area contributed by atoms with Crippen LogP contribution in [-0.4, -0.2) is 21.2 Å². The SMILES string of the molecule is Cc1cc(C)c(N2CN(c3cccc(Oc4ccc5c6ccccc6n(-c6cc(C(C)(C)C)ccn6)c5c4)c3)c3cccnc32)c(C)c1. The number of benzene rings is 4. The van der Waals surface area contributed by atoms with Gasteiger partial charge in [-0.1, -0.05) is 62.7 Å². The molecule has 238 valence electrons. The van der Waals surface area contributed by atoms with Gasteiger partial charge < -0.3 is 14.5 Å². The second kappa shape index (κ2) is 11.3. The Balaban J connectivity index is 1.16. The molecule has 0 fully saturated rings. The fourth-order valence-electron chi connectivity index (χ4n) is 7.21. The third-order valence-electron chi connectivity index (χ3n) is 9.35. The topological polar surface area (TPSA) is 46.4 Å². The number of pyridine rings is 2. The van der Waals surface area contributed by atoms with Crippen LogP contribution in [0, 0.1) is 20.8 Å². The molecule has 6 heteroatoms. The van der Waals surface area contributed by atoms with Gasteiger partial charge in [0.1, 0.15) is 24.0 Å². The standard InChI is InChI=1S/C42H39N5O/c1-27-21-28(2)40(29(3)22-27)46-26-45(37-15-10-19-44-41(37)46)31-11-9-12-32(24-31)48-33-16-17-35-34-13-7-8-14-36(34)47(38(35)25-33)39-23-30(18-20-43-39)42(4,5)6/h7-25H,26H2,1-6H3. The van der Waals surface area contributed by atoms with Crippen molar-refractivity contribution < 1.29 is 4.74 Å². The summed E-state index contributed by atoms with van der Waals surface area (Å²) in [7, 11) is 0. The molecular formula is C42H39N5O. The van der Waals surface area contributed by atoms with Crippen LogP contribution in [0.3, 0.4) is 0 Å². The number of nitrogens with zero attached hydrogens (tertiary/aromatic N) is 5. The van der Waals surface area contributed by atoms with E-state index >= 15 is 0 Å². The summed E-state index contributed by atoms with van der Waals surface area (Å²) in [5.41, 5.74) is 10.5. The molecule has 0 bridgehead atoms.